The number of nitrogens with two attached hydrogens (primary N) is 1. The highest BCUT2D eigenvalue weighted by atomic mass is 16.6. The van der Waals surface area contributed by atoms with Crippen LogP contribution in [0.1, 0.15) is 53.9 Å². The number of hydrogen-bond acceptors (Lipinski definition) is 4. The van der Waals surface area contributed by atoms with E-state index in [0.717, 1.165) is 19.3 Å². The summed E-state index contributed by atoms with van der Waals surface area (Å²) < 4.78 is 5.55. The SMILES string of the molecule is CC(C)[C@H](N)C(=O)N1CC[C@@H](N(C(=O)OC(C)(C)C)C2CC2)C1. The normalized spacial score (nSPS) is 23.1. The summed E-state index contributed by atoms with van der Waals surface area (Å²) in [4.78, 5) is 28.6. The monoisotopic (exact) mass is 325 g/mol. The van der Waals surface area contributed by atoms with Crippen molar-refractivity contribution in [2.24, 2.45) is 11.7 Å². The van der Waals surface area contributed by atoms with Crippen LogP contribution in [0.2, 0.25) is 0 Å². The summed E-state index contributed by atoms with van der Waals surface area (Å²) in [6.45, 7) is 10.8. The fraction of sp³-hybridized carbons (Fsp3) is 0.882. The molecule has 132 valence electrons. The molecule has 6 nitrogen and oxygen atoms in total. The Hall–Kier alpha value is -1.30. The average molecular weight is 325 g/mol. The molecule has 0 aromatic rings. The average Bonchev–Trinajstić information content (AvgIpc) is 3.12. The van der Waals surface area contributed by atoms with E-state index in [1.54, 1.807) is 4.90 Å². The van der Waals surface area contributed by atoms with Gasteiger partial charge in [-0.05, 0) is 46.0 Å². The van der Waals surface area contributed by atoms with Crippen LogP contribution in [0.3, 0.4) is 0 Å². The zero-order chi connectivity index (χ0) is 17.4. The lowest BCUT2D eigenvalue weighted by Gasteiger charge is -2.32. The van der Waals surface area contributed by atoms with Crippen LogP contribution in [0.5, 0.6) is 0 Å². The third kappa shape index (κ3) is 4.59. The number of ether oxygens (including phenoxy) is 1. The van der Waals surface area contributed by atoms with Gasteiger partial charge in [-0.15, -0.1) is 0 Å². The van der Waals surface area contributed by atoms with Crippen molar-refractivity contribution in [3.8, 4) is 0 Å². The standard InChI is InChI=1S/C17H31N3O3/c1-11(2)14(18)15(21)19-9-8-13(10-19)20(12-6-7-12)16(22)23-17(3,4)5/h11-14H,6-10,18H2,1-5H3/t13-,14+/m1/s1. The van der Waals surface area contributed by atoms with Gasteiger partial charge in [0, 0.05) is 19.1 Å². The molecule has 2 amide bonds. The van der Waals surface area contributed by atoms with E-state index >= 15 is 0 Å². The topological polar surface area (TPSA) is 75.9 Å². The smallest absolute Gasteiger partial charge is 0.410 e. The van der Waals surface area contributed by atoms with E-state index in [0.29, 0.717) is 13.1 Å². The summed E-state index contributed by atoms with van der Waals surface area (Å²) in [5.41, 5.74) is 5.48. The van der Waals surface area contributed by atoms with E-state index in [4.69, 9.17) is 10.5 Å². The molecule has 23 heavy (non-hydrogen) atoms. The van der Waals surface area contributed by atoms with Crippen LogP contribution < -0.4 is 5.73 Å². The number of carbonyl (C=O) groups excluding carboxylic acids is 2. The van der Waals surface area contributed by atoms with Gasteiger partial charge in [-0.3, -0.25) is 4.79 Å². The summed E-state index contributed by atoms with van der Waals surface area (Å²) in [6.07, 6.45) is 2.59. The molecule has 1 saturated carbocycles. The molecule has 2 aliphatic rings. The number of hydrogen-bond donors (Lipinski definition) is 1. The second-order valence-corrected chi connectivity index (χ2v) is 8.12. The van der Waals surface area contributed by atoms with E-state index < -0.39 is 11.6 Å². The van der Waals surface area contributed by atoms with Gasteiger partial charge in [-0.2, -0.15) is 0 Å². The lowest BCUT2D eigenvalue weighted by atomic mass is 10.0. The first-order valence-electron chi connectivity index (χ1n) is 8.66. The molecule has 2 N–H and O–H groups in total. The van der Waals surface area contributed by atoms with Crippen molar-refractivity contribution in [1.29, 1.82) is 0 Å². The van der Waals surface area contributed by atoms with E-state index in [1.807, 2.05) is 39.5 Å². The molecule has 2 rings (SSSR count). The first-order chi connectivity index (χ1) is 10.6. The summed E-state index contributed by atoms with van der Waals surface area (Å²) in [7, 11) is 0. The van der Waals surface area contributed by atoms with Crippen LogP contribution in [-0.2, 0) is 9.53 Å². The van der Waals surface area contributed by atoms with Crippen molar-refractivity contribution in [2.45, 2.75) is 77.6 Å². The zero-order valence-electron chi connectivity index (χ0n) is 15.0. The Morgan fingerprint density at radius 2 is 1.78 bits per heavy atom. The molecule has 1 aliphatic carbocycles. The third-order valence-corrected chi connectivity index (χ3v) is 4.42. The van der Waals surface area contributed by atoms with E-state index in [1.165, 1.54) is 0 Å². The van der Waals surface area contributed by atoms with Crippen molar-refractivity contribution < 1.29 is 14.3 Å². The number of nitrogens with zero attached hydrogens (tertiary/aromatic N) is 2. The minimum Gasteiger partial charge on any atom is -0.444 e. The van der Waals surface area contributed by atoms with Crippen LogP contribution in [-0.4, -0.2) is 58.6 Å². The van der Waals surface area contributed by atoms with Crippen LogP contribution in [0.25, 0.3) is 0 Å². The predicted molar refractivity (Wildman–Crippen MR) is 88.9 cm³/mol. The molecule has 0 bridgehead atoms. The first-order valence-corrected chi connectivity index (χ1v) is 8.66. The molecule has 1 saturated heterocycles. The Kier molecular flexibility index (Phi) is 5.23. The molecular weight excluding hydrogens is 294 g/mol. The van der Waals surface area contributed by atoms with E-state index in [-0.39, 0.29) is 30.0 Å². The number of likely N-dealkylation sites (tertiary alicyclic amines) is 1. The molecule has 0 unspecified atom stereocenters. The van der Waals surface area contributed by atoms with Crippen molar-refractivity contribution in [3.05, 3.63) is 0 Å². The number of rotatable bonds is 4. The highest BCUT2D eigenvalue weighted by Gasteiger charge is 2.43. The predicted octanol–water partition coefficient (Wildman–Crippen LogP) is 1.97. The molecule has 0 aromatic carbocycles. The second-order valence-electron chi connectivity index (χ2n) is 8.12. The van der Waals surface area contributed by atoms with Crippen molar-refractivity contribution in [1.82, 2.24) is 9.80 Å². The molecule has 6 heteroatoms. The van der Waals surface area contributed by atoms with Gasteiger partial charge in [0.05, 0.1) is 12.1 Å². The first kappa shape index (κ1) is 18.0. The Morgan fingerprint density at radius 3 is 2.26 bits per heavy atom. The van der Waals surface area contributed by atoms with Gasteiger partial charge in [0.1, 0.15) is 5.60 Å². The molecule has 0 spiro atoms. The maximum atomic E-state index is 12.5. The quantitative estimate of drug-likeness (QED) is 0.857. The molecule has 1 aliphatic heterocycles. The fourth-order valence-corrected chi connectivity index (χ4v) is 2.93. The van der Waals surface area contributed by atoms with Crippen LogP contribution in [0.15, 0.2) is 0 Å². The highest BCUT2D eigenvalue weighted by Crippen LogP contribution is 2.33. The molecule has 2 atom stereocenters. The second kappa shape index (κ2) is 6.67. The van der Waals surface area contributed by atoms with Gasteiger partial charge in [0.15, 0.2) is 0 Å². The minimum absolute atomic E-state index is 0.0116. The maximum absolute atomic E-state index is 12.5. The summed E-state index contributed by atoms with van der Waals surface area (Å²) >= 11 is 0. The van der Waals surface area contributed by atoms with E-state index in [2.05, 4.69) is 0 Å². The molecule has 2 fully saturated rings. The fourth-order valence-electron chi connectivity index (χ4n) is 2.93. The van der Waals surface area contributed by atoms with Crippen molar-refractivity contribution >= 4 is 12.0 Å². The third-order valence-electron chi connectivity index (χ3n) is 4.42. The molecular formula is C17H31N3O3. The number of carbonyl (C=O) groups is 2. The number of amides is 2. The maximum Gasteiger partial charge on any atom is 0.410 e. The highest BCUT2D eigenvalue weighted by molar-refractivity contribution is 5.82. The summed E-state index contributed by atoms with van der Waals surface area (Å²) in [5, 5.41) is 0. The van der Waals surface area contributed by atoms with Gasteiger partial charge in [-0.25, -0.2) is 4.79 Å². The lowest BCUT2D eigenvalue weighted by Crippen LogP contribution is -2.49. The van der Waals surface area contributed by atoms with Crippen LogP contribution in [0.4, 0.5) is 4.79 Å². The lowest BCUT2D eigenvalue weighted by molar-refractivity contribution is -0.132. The van der Waals surface area contributed by atoms with Crippen LogP contribution in [0, 0.1) is 5.92 Å². The van der Waals surface area contributed by atoms with Gasteiger partial charge < -0.3 is 20.3 Å². The Balaban J connectivity index is 2.00. The van der Waals surface area contributed by atoms with Gasteiger partial charge in [0.25, 0.3) is 0 Å². The zero-order valence-corrected chi connectivity index (χ0v) is 15.0. The molecule has 0 radical (unpaired) electrons. The minimum atomic E-state index is -0.502. The summed E-state index contributed by atoms with van der Waals surface area (Å²) in [6, 6.07) is -0.158. The Bertz CT molecular complexity index is 454. The molecule has 1 heterocycles. The van der Waals surface area contributed by atoms with Crippen LogP contribution >= 0.6 is 0 Å². The van der Waals surface area contributed by atoms with E-state index in [9.17, 15) is 9.59 Å². The van der Waals surface area contributed by atoms with Crippen molar-refractivity contribution in [2.75, 3.05) is 13.1 Å². The summed E-state index contributed by atoms with van der Waals surface area (Å²) in [5.74, 6) is 0.106. The van der Waals surface area contributed by atoms with Gasteiger partial charge in [0.2, 0.25) is 5.91 Å². The molecule has 0 aromatic heterocycles. The van der Waals surface area contributed by atoms with Gasteiger partial charge in [-0.1, -0.05) is 13.8 Å². The Labute approximate surface area is 139 Å². The largest absolute Gasteiger partial charge is 0.444 e. The van der Waals surface area contributed by atoms with Gasteiger partial charge >= 0.3 is 6.09 Å². The Morgan fingerprint density at radius 1 is 1.17 bits per heavy atom. The van der Waals surface area contributed by atoms with Crippen molar-refractivity contribution in [3.63, 3.8) is 0 Å².